The van der Waals surface area contributed by atoms with Crippen molar-refractivity contribution >= 4 is 44.3 Å². The van der Waals surface area contributed by atoms with Crippen LogP contribution in [-0.2, 0) is 14.8 Å². The first-order valence-electron chi connectivity index (χ1n) is 10.8. The number of fused-ring (bicyclic) bond motifs is 1. The number of rotatable bonds is 7. The average molecular weight is 517 g/mol. The number of carbonyl (C=O) groups is 1. The number of hydrogen-bond donors (Lipinski definition) is 1. The normalized spacial score (nSPS) is 11.6. The van der Waals surface area contributed by atoms with E-state index in [1.165, 1.54) is 43.6 Å². The SMILES string of the molecule is COc1ccc([N+](=O)[O-])cc1NC(=O)C(C#N)=Cc1cn(S(=O)(=O)c2ccc(C)cc2)c2ccccc12. The Labute approximate surface area is 212 Å². The van der Waals surface area contributed by atoms with Crippen molar-refractivity contribution in [2.75, 3.05) is 12.4 Å². The van der Waals surface area contributed by atoms with E-state index in [1.54, 1.807) is 36.4 Å². The second-order valence-electron chi connectivity index (χ2n) is 7.98. The van der Waals surface area contributed by atoms with Gasteiger partial charge < -0.3 is 10.1 Å². The van der Waals surface area contributed by atoms with E-state index in [2.05, 4.69) is 5.32 Å². The van der Waals surface area contributed by atoms with Crippen LogP contribution in [0.1, 0.15) is 11.1 Å². The number of aryl methyl sites for hydroxylation is 1. The zero-order chi connectivity index (χ0) is 26.7. The number of nitrogens with zero attached hydrogens (tertiary/aromatic N) is 3. The minimum atomic E-state index is -3.97. The number of anilines is 1. The highest BCUT2D eigenvalue weighted by Gasteiger charge is 2.22. The van der Waals surface area contributed by atoms with E-state index in [0.29, 0.717) is 16.5 Å². The van der Waals surface area contributed by atoms with Gasteiger partial charge in [0.15, 0.2) is 0 Å². The third kappa shape index (κ3) is 4.91. The van der Waals surface area contributed by atoms with Crippen LogP contribution in [0.15, 0.2) is 83.4 Å². The molecule has 4 rings (SSSR count). The summed E-state index contributed by atoms with van der Waals surface area (Å²) in [5.74, 6) is -0.684. The Bertz CT molecular complexity index is 1710. The number of nitro groups is 1. The number of para-hydroxylation sites is 1. The Morgan fingerprint density at radius 3 is 2.49 bits per heavy atom. The molecule has 0 bridgehead atoms. The van der Waals surface area contributed by atoms with Crippen LogP contribution in [0.5, 0.6) is 5.75 Å². The molecule has 37 heavy (non-hydrogen) atoms. The molecule has 0 saturated heterocycles. The summed E-state index contributed by atoms with van der Waals surface area (Å²) in [6.07, 6.45) is 2.61. The van der Waals surface area contributed by atoms with Gasteiger partial charge in [0.05, 0.1) is 28.1 Å². The lowest BCUT2D eigenvalue weighted by Gasteiger charge is -2.09. The molecule has 0 aliphatic rings. The number of amides is 1. The summed E-state index contributed by atoms with van der Waals surface area (Å²) in [6, 6.07) is 18.6. The molecule has 1 N–H and O–H groups in total. The molecule has 0 aliphatic carbocycles. The summed E-state index contributed by atoms with van der Waals surface area (Å²) in [5, 5.41) is 23.8. The third-order valence-electron chi connectivity index (χ3n) is 5.59. The molecule has 1 heterocycles. The molecule has 1 amide bonds. The monoisotopic (exact) mass is 516 g/mol. The fourth-order valence-corrected chi connectivity index (χ4v) is 5.09. The number of ether oxygens (including phenoxy) is 1. The van der Waals surface area contributed by atoms with Crippen molar-refractivity contribution in [2.24, 2.45) is 0 Å². The molecule has 4 aromatic rings. The molecular weight excluding hydrogens is 496 g/mol. The van der Waals surface area contributed by atoms with Gasteiger partial charge in [-0.05, 0) is 37.3 Å². The van der Waals surface area contributed by atoms with Crippen molar-refractivity contribution < 1.29 is 22.9 Å². The first-order valence-corrected chi connectivity index (χ1v) is 12.3. The molecule has 0 fully saturated rings. The Balaban J connectivity index is 1.77. The van der Waals surface area contributed by atoms with Gasteiger partial charge in [-0.1, -0.05) is 35.9 Å². The Hall–Kier alpha value is -4.95. The Morgan fingerprint density at radius 1 is 1.14 bits per heavy atom. The fraction of sp³-hybridized carbons (Fsp3) is 0.0769. The van der Waals surface area contributed by atoms with Crippen LogP contribution in [0, 0.1) is 28.4 Å². The number of nitrogens with one attached hydrogen (secondary N) is 1. The van der Waals surface area contributed by atoms with Crippen LogP contribution < -0.4 is 10.1 Å². The van der Waals surface area contributed by atoms with Gasteiger partial charge in [-0.2, -0.15) is 5.26 Å². The van der Waals surface area contributed by atoms with E-state index >= 15 is 0 Å². The van der Waals surface area contributed by atoms with E-state index in [9.17, 15) is 28.6 Å². The van der Waals surface area contributed by atoms with Crippen molar-refractivity contribution in [2.45, 2.75) is 11.8 Å². The van der Waals surface area contributed by atoms with Gasteiger partial charge in [-0.25, -0.2) is 12.4 Å². The van der Waals surface area contributed by atoms with Crippen molar-refractivity contribution in [3.05, 3.63) is 99.7 Å². The number of nitro benzene ring substituents is 1. The molecular formula is C26H20N4O6S. The molecule has 0 saturated carbocycles. The smallest absolute Gasteiger partial charge is 0.271 e. The summed E-state index contributed by atoms with van der Waals surface area (Å²) in [7, 11) is -2.64. The number of benzene rings is 3. The van der Waals surface area contributed by atoms with Crippen LogP contribution in [0.3, 0.4) is 0 Å². The molecule has 186 valence electrons. The third-order valence-corrected chi connectivity index (χ3v) is 7.28. The summed E-state index contributed by atoms with van der Waals surface area (Å²) < 4.78 is 33.0. The lowest BCUT2D eigenvalue weighted by atomic mass is 10.1. The molecule has 11 heteroatoms. The molecule has 0 atom stereocenters. The molecule has 3 aromatic carbocycles. The lowest BCUT2D eigenvalue weighted by Crippen LogP contribution is -2.14. The predicted octanol–water partition coefficient (Wildman–Crippen LogP) is 4.65. The Morgan fingerprint density at radius 2 is 1.84 bits per heavy atom. The average Bonchev–Trinajstić information content (AvgIpc) is 3.26. The summed E-state index contributed by atoms with van der Waals surface area (Å²) >= 11 is 0. The second-order valence-corrected chi connectivity index (χ2v) is 9.80. The van der Waals surface area contributed by atoms with Gasteiger partial charge in [0.25, 0.3) is 21.6 Å². The quantitative estimate of drug-likeness (QED) is 0.163. The minimum Gasteiger partial charge on any atom is -0.495 e. The number of non-ortho nitro benzene ring substituents is 1. The van der Waals surface area contributed by atoms with Gasteiger partial charge in [0.2, 0.25) is 0 Å². The number of hydrogen-bond acceptors (Lipinski definition) is 7. The van der Waals surface area contributed by atoms with Crippen LogP contribution in [0.4, 0.5) is 11.4 Å². The number of nitriles is 1. The Kier molecular flexibility index (Phi) is 6.77. The molecule has 1 aromatic heterocycles. The number of carbonyl (C=O) groups excluding carboxylic acids is 1. The molecule has 0 radical (unpaired) electrons. The maximum Gasteiger partial charge on any atom is 0.271 e. The summed E-state index contributed by atoms with van der Waals surface area (Å²) in [4.78, 5) is 23.5. The van der Waals surface area contributed by atoms with Gasteiger partial charge in [-0.15, -0.1) is 0 Å². The van der Waals surface area contributed by atoms with Crippen LogP contribution in [0.25, 0.3) is 17.0 Å². The lowest BCUT2D eigenvalue weighted by molar-refractivity contribution is -0.384. The van der Waals surface area contributed by atoms with Crippen LogP contribution >= 0.6 is 0 Å². The maximum absolute atomic E-state index is 13.4. The highest BCUT2D eigenvalue weighted by molar-refractivity contribution is 7.90. The van der Waals surface area contributed by atoms with Crippen molar-refractivity contribution in [3.63, 3.8) is 0 Å². The molecule has 0 aliphatic heterocycles. The zero-order valence-electron chi connectivity index (χ0n) is 19.7. The van der Waals surface area contributed by atoms with Gasteiger partial charge in [-0.3, -0.25) is 14.9 Å². The van der Waals surface area contributed by atoms with E-state index < -0.39 is 20.9 Å². The standard InChI is InChI=1S/C26H20N4O6S/c1-17-7-10-21(11-8-17)37(34,35)29-16-19(22-5-3-4-6-24(22)29)13-18(15-27)26(31)28-23-14-20(30(32)33)9-12-25(23)36-2/h3-14,16H,1-2H3,(H,28,31). The number of methoxy groups -OCH3 is 1. The highest BCUT2D eigenvalue weighted by atomic mass is 32.2. The van der Waals surface area contributed by atoms with Gasteiger partial charge in [0.1, 0.15) is 17.4 Å². The van der Waals surface area contributed by atoms with E-state index in [-0.39, 0.29) is 27.6 Å². The van der Waals surface area contributed by atoms with Crippen molar-refractivity contribution in [1.29, 1.82) is 5.26 Å². The first kappa shape index (κ1) is 25.2. The van der Waals surface area contributed by atoms with Crippen LogP contribution in [-0.4, -0.2) is 30.3 Å². The summed E-state index contributed by atoms with van der Waals surface area (Å²) in [6.45, 7) is 1.85. The predicted molar refractivity (Wildman–Crippen MR) is 138 cm³/mol. The van der Waals surface area contributed by atoms with E-state index in [1.807, 2.05) is 13.0 Å². The maximum atomic E-state index is 13.4. The van der Waals surface area contributed by atoms with Crippen molar-refractivity contribution in [3.8, 4) is 11.8 Å². The molecule has 10 nitrogen and oxygen atoms in total. The van der Waals surface area contributed by atoms with Gasteiger partial charge in [0, 0.05) is 29.3 Å². The molecule has 0 unspecified atom stereocenters. The highest BCUT2D eigenvalue weighted by Crippen LogP contribution is 2.30. The zero-order valence-corrected chi connectivity index (χ0v) is 20.5. The largest absolute Gasteiger partial charge is 0.495 e. The fourth-order valence-electron chi connectivity index (χ4n) is 3.71. The number of aromatic nitrogens is 1. The van der Waals surface area contributed by atoms with Crippen LogP contribution in [0.2, 0.25) is 0 Å². The van der Waals surface area contributed by atoms with E-state index in [4.69, 9.17) is 4.74 Å². The second kappa shape index (κ2) is 9.96. The first-order chi connectivity index (χ1) is 17.6. The van der Waals surface area contributed by atoms with Crippen molar-refractivity contribution in [1.82, 2.24) is 3.97 Å². The topological polar surface area (TPSA) is 144 Å². The molecule has 0 spiro atoms. The minimum absolute atomic E-state index is 0.00669. The van der Waals surface area contributed by atoms with Gasteiger partial charge >= 0.3 is 0 Å². The van der Waals surface area contributed by atoms with E-state index in [0.717, 1.165) is 15.6 Å². The summed E-state index contributed by atoms with van der Waals surface area (Å²) in [5.41, 5.74) is 0.987.